The van der Waals surface area contributed by atoms with Crippen molar-refractivity contribution in [2.24, 2.45) is 0 Å². The van der Waals surface area contributed by atoms with E-state index in [1.165, 1.54) is 11.3 Å². The van der Waals surface area contributed by atoms with Gasteiger partial charge in [0.15, 0.2) is 0 Å². The first kappa shape index (κ1) is 25.5. The van der Waals surface area contributed by atoms with Gasteiger partial charge >= 0.3 is 0 Å². The van der Waals surface area contributed by atoms with Crippen molar-refractivity contribution >= 4 is 39.1 Å². The summed E-state index contributed by atoms with van der Waals surface area (Å²) in [5, 5.41) is 6.21. The maximum Gasteiger partial charge on any atom is 0.266 e. The second kappa shape index (κ2) is 11.4. The highest BCUT2D eigenvalue weighted by Crippen LogP contribution is 2.28. The van der Waals surface area contributed by atoms with Gasteiger partial charge in [-0.3, -0.25) is 14.4 Å². The van der Waals surface area contributed by atoms with Crippen LogP contribution in [0, 0.1) is 6.92 Å². The van der Waals surface area contributed by atoms with Crippen LogP contribution in [-0.2, 0) is 6.54 Å². The predicted octanol–water partition coefficient (Wildman–Crippen LogP) is 2.68. The number of likely N-dealkylation sites (N-methyl/N-ethyl adjacent to an activating group) is 1. The minimum absolute atomic E-state index is 0.149. The zero-order valence-electron chi connectivity index (χ0n) is 20.3. The number of anilines is 1. The lowest BCUT2D eigenvalue weighted by atomic mass is 10.1. The monoisotopic (exact) mass is 484 g/mol. The highest BCUT2D eigenvalue weighted by molar-refractivity contribution is 7.20. The van der Waals surface area contributed by atoms with Crippen LogP contribution in [0.15, 0.2) is 29.1 Å². The van der Waals surface area contributed by atoms with Crippen LogP contribution in [0.3, 0.4) is 0 Å². The van der Waals surface area contributed by atoms with Crippen molar-refractivity contribution in [3.8, 4) is 0 Å². The first-order valence-corrected chi connectivity index (χ1v) is 12.1. The van der Waals surface area contributed by atoms with Gasteiger partial charge < -0.3 is 25.4 Å². The number of H-pyrrole nitrogens is 1. The van der Waals surface area contributed by atoms with E-state index in [1.54, 1.807) is 31.2 Å². The lowest BCUT2D eigenvalue weighted by Crippen LogP contribution is -2.34. The number of hydrogen-bond donors (Lipinski definition) is 3. The second-order valence-electron chi connectivity index (χ2n) is 8.30. The third-order valence-electron chi connectivity index (χ3n) is 5.53. The van der Waals surface area contributed by atoms with E-state index in [2.05, 4.69) is 39.3 Å². The quantitative estimate of drug-likeness (QED) is 0.408. The summed E-state index contributed by atoms with van der Waals surface area (Å²) < 4.78 is 0. The molecule has 0 bridgehead atoms. The number of nitrogens with zero attached hydrogens (tertiary/aromatic N) is 3. The molecule has 3 rings (SSSR count). The first-order valence-electron chi connectivity index (χ1n) is 11.3. The van der Waals surface area contributed by atoms with Crippen molar-refractivity contribution in [2.45, 2.75) is 27.3 Å². The van der Waals surface area contributed by atoms with Crippen LogP contribution in [0.4, 0.5) is 5.69 Å². The number of benzene rings is 1. The number of nitrogens with one attached hydrogen (secondary N) is 3. The van der Waals surface area contributed by atoms with Gasteiger partial charge in [0.25, 0.3) is 17.4 Å². The molecule has 9 nitrogen and oxygen atoms in total. The number of thiophene rings is 1. The van der Waals surface area contributed by atoms with Crippen LogP contribution in [0.2, 0.25) is 0 Å². The summed E-state index contributed by atoms with van der Waals surface area (Å²) in [4.78, 5) is 50.3. The molecule has 34 heavy (non-hydrogen) atoms. The van der Waals surface area contributed by atoms with Gasteiger partial charge in [0.05, 0.1) is 16.8 Å². The zero-order valence-corrected chi connectivity index (χ0v) is 21.1. The van der Waals surface area contributed by atoms with Crippen molar-refractivity contribution < 1.29 is 9.59 Å². The number of hydrogen-bond acceptors (Lipinski definition) is 7. The Balaban J connectivity index is 1.68. The summed E-state index contributed by atoms with van der Waals surface area (Å²) in [6, 6.07) is 6.75. The highest BCUT2D eigenvalue weighted by atomic mass is 32.1. The van der Waals surface area contributed by atoms with Crippen molar-refractivity contribution in [1.82, 2.24) is 25.1 Å². The Bertz CT molecular complexity index is 1210. The number of fused-ring (bicyclic) bond motifs is 1. The SMILES string of the molecule is CCN(CC)CCNC(=O)c1ccc(NC(=O)c2sc3nc(CN(C)C)[nH]c(=O)c3c2C)cc1. The second-order valence-corrected chi connectivity index (χ2v) is 9.30. The molecule has 1 aromatic carbocycles. The van der Waals surface area contributed by atoms with Gasteiger partial charge in [-0.1, -0.05) is 13.8 Å². The van der Waals surface area contributed by atoms with Crippen LogP contribution in [0.5, 0.6) is 0 Å². The van der Waals surface area contributed by atoms with Gasteiger partial charge in [-0.2, -0.15) is 0 Å². The van der Waals surface area contributed by atoms with Gasteiger partial charge in [0.2, 0.25) is 0 Å². The minimum Gasteiger partial charge on any atom is -0.351 e. The number of carbonyl (C=O) groups excluding carboxylic acids is 2. The molecule has 3 aromatic rings. The molecule has 10 heteroatoms. The molecule has 2 heterocycles. The molecule has 0 spiro atoms. The molecule has 0 aliphatic rings. The highest BCUT2D eigenvalue weighted by Gasteiger charge is 2.20. The standard InChI is InChI=1S/C24H32N6O3S/c1-6-30(7-2)13-12-25-21(31)16-8-10-17(11-9-16)26-23(33)20-15(3)19-22(32)27-18(14-29(4)5)28-24(19)34-20/h8-11H,6-7,12-14H2,1-5H3,(H,25,31)(H,26,33)(H,27,28,32). The van der Waals surface area contributed by atoms with E-state index >= 15 is 0 Å². The molecule has 182 valence electrons. The molecule has 3 N–H and O–H groups in total. The van der Waals surface area contributed by atoms with Crippen molar-refractivity contribution in [1.29, 1.82) is 0 Å². The Morgan fingerprint density at radius 1 is 1.09 bits per heavy atom. The summed E-state index contributed by atoms with van der Waals surface area (Å²) in [6.45, 7) is 9.71. The van der Waals surface area contributed by atoms with Gasteiger partial charge in [-0.25, -0.2) is 4.98 Å². The Labute approximate surface area is 203 Å². The maximum atomic E-state index is 12.9. The topological polar surface area (TPSA) is 110 Å². The van der Waals surface area contributed by atoms with E-state index in [0.29, 0.717) is 50.8 Å². The van der Waals surface area contributed by atoms with E-state index in [9.17, 15) is 14.4 Å². The van der Waals surface area contributed by atoms with Gasteiger partial charge in [-0.05, 0) is 63.9 Å². The number of aromatic amines is 1. The number of carbonyl (C=O) groups is 2. The molecule has 2 aromatic heterocycles. The fraction of sp³-hybridized carbons (Fsp3) is 0.417. The normalized spacial score (nSPS) is 11.4. The summed E-state index contributed by atoms with van der Waals surface area (Å²) in [7, 11) is 3.79. The number of aryl methyl sites for hydroxylation is 1. The molecule has 0 radical (unpaired) electrons. The van der Waals surface area contributed by atoms with Gasteiger partial charge in [-0.15, -0.1) is 11.3 Å². The van der Waals surface area contributed by atoms with Crippen molar-refractivity contribution in [2.75, 3.05) is 45.6 Å². The van der Waals surface area contributed by atoms with Crippen molar-refractivity contribution in [3.63, 3.8) is 0 Å². The molecular weight excluding hydrogens is 452 g/mol. The van der Waals surface area contributed by atoms with Crippen molar-refractivity contribution in [3.05, 3.63) is 56.4 Å². The number of amides is 2. The third-order valence-corrected chi connectivity index (χ3v) is 6.72. The molecular formula is C24H32N6O3S. The maximum absolute atomic E-state index is 12.9. The Morgan fingerprint density at radius 3 is 2.38 bits per heavy atom. The average Bonchev–Trinajstić information content (AvgIpc) is 3.13. The van der Waals surface area contributed by atoms with Crippen LogP contribution in [0.1, 0.15) is 45.3 Å². The number of rotatable bonds is 10. The average molecular weight is 485 g/mol. The fourth-order valence-electron chi connectivity index (χ4n) is 3.64. The molecule has 0 saturated carbocycles. The predicted molar refractivity (Wildman–Crippen MR) is 137 cm³/mol. The third kappa shape index (κ3) is 6.07. The number of aromatic nitrogens is 2. The molecule has 0 saturated heterocycles. The molecule has 2 amide bonds. The summed E-state index contributed by atoms with van der Waals surface area (Å²) in [5.74, 6) is 0.0939. The minimum atomic E-state index is -0.314. The Kier molecular flexibility index (Phi) is 8.54. The van der Waals surface area contributed by atoms with E-state index in [-0.39, 0.29) is 17.4 Å². The molecule has 0 aliphatic carbocycles. The molecule has 0 aliphatic heterocycles. The van der Waals surface area contributed by atoms with Crippen LogP contribution >= 0.6 is 11.3 Å². The van der Waals surface area contributed by atoms with Gasteiger partial charge in [0, 0.05) is 24.3 Å². The van der Waals surface area contributed by atoms with E-state index in [1.807, 2.05) is 19.0 Å². The van der Waals surface area contributed by atoms with E-state index in [4.69, 9.17) is 0 Å². The Hall–Kier alpha value is -3.08. The Morgan fingerprint density at radius 2 is 1.76 bits per heavy atom. The van der Waals surface area contributed by atoms with Crippen LogP contribution < -0.4 is 16.2 Å². The molecule has 0 unspecified atom stereocenters. The summed E-state index contributed by atoms with van der Waals surface area (Å²) >= 11 is 1.20. The summed E-state index contributed by atoms with van der Waals surface area (Å²) in [5.41, 5.74) is 1.45. The fourth-order valence-corrected chi connectivity index (χ4v) is 4.74. The smallest absolute Gasteiger partial charge is 0.266 e. The summed E-state index contributed by atoms with van der Waals surface area (Å²) in [6.07, 6.45) is 0. The lowest BCUT2D eigenvalue weighted by molar-refractivity contribution is 0.0948. The molecule has 0 fully saturated rings. The lowest BCUT2D eigenvalue weighted by Gasteiger charge is -2.17. The first-order chi connectivity index (χ1) is 16.2. The zero-order chi connectivity index (χ0) is 24.8. The molecule has 0 atom stereocenters. The van der Waals surface area contributed by atoms with E-state index in [0.717, 1.165) is 19.6 Å². The largest absolute Gasteiger partial charge is 0.351 e. The van der Waals surface area contributed by atoms with Crippen LogP contribution in [0.25, 0.3) is 10.2 Å². The van der Waals surface area contributed by atoms with Crippen LogP contribution in [-0.4, -0.2) is 71.9 Å². The van der Waals surface area contributed by atoms with Gasteiger partial charge in [0.1, 0.15) is 10.7 Å². The van der Waals surface area contributed by atoms with E-state index < -0.39 is 0 Å².